The van der Waals surface area contributed by atoms with Crippen LogP contribution >= 0.6 is 22.7 Å². The predicted molar refractivity (Wildman–Crippen MR) is 98.4 cm³/mol. The zero-order valence-corrected chi connectivity index (χ0v) is 14.6. The number of hydrogen-bond donors (Lipinski definition) is 1. The van der Waals surface area contributed by atoms with E-state index < -0.39 is 0 Å². The normalized spacial score (nSPS) is 15.8. The second-order valence-corrected chi connectivity index (χ2v) is 7.05. The number of aliphatic imine (C=N–C) groups is 1. The number of nitrogens with one attached hydrogen (secondary N) is 1. The number of aryl methyl sites for hydroxylation is 1. The first-order valence-electron chi connectivity index (χ1n) is 7.21. The highest BCUT2D eigenvalue weighted by atomic mass is 32.1. The van der Waals surface area contributed by atoms with Crippen LogP contribution in [0.2, 0.25) is 0 Å². The van der Waals surface area contributed by atoms with Crippen molar-refractivity contribution in [1.29, 1.82) is 0 Å². The van der Waals surface area contributed by atoms with Gasteiger partial charge in [0, 0.05) is 12.4 Å². The number of guanidine groups is 1. The molecule has 0 radical (unpaired) electrons. The van der Waals surface area contributed by atoms with Crippen molar-refractivity contribution in [3.8, 4) is 0 Å². The molecule has 1 aromatic carbocycles. The van der Waals surface area contributed by atoms with Gasteiger partial charge in [0.25, 0.3) is 5.91 Å². The summed E-state index contributed by atoms with van der Waals surface area (Å²) in [5.41, 5.74) is 5.02. The third-order valence-electron chi connectivity index (χ3n) is 3.55. The molecule has 24 heavy (non-hydrogen) atoms. The third kappa shape index (κ3) is 2.70. The molecule has 8 heteroatoms. The number of aromatic nitrogens is 2. The van der Waals surface area contributed by atoms with E-state index in [-0.39, 0.29) is 5.91 Å². The molecule has 0 fully saturated rings. The van der Waals surface area contributed by atoms with Crippen LogP contribution in [0, 0.1) is 6.92 Å². The van der Waals surface area contributed by atoms with E-state index in [1.54, 1.807) is 22.3 Å². The Morgan fingerprint density at radius 3 is 2.96 bits per heavy atom. The van der Waals surface area contributed by atoms with Crippen molar-refractivity contribution in [3.63, 3.8) is 0 Å². The summed E-state index contributed by atoms with van der Waals surface area (Å²) in [6, 6.07) is 5.89. The Morgan fingerprint density at radius 2 is 2.17 bits per heavy atom. The zero-order chi connectivity index (χ0) is 16.7. The van der Waals surface area contributed by atoms with E-state index in [0.29, 0.717) is 11.7 Å². The fourth-order valence-electron chi connectivity index (χ4n) is 2.32. The number of rotatable bonds is 2. The van der Waals surface area contributed by atoms with Crippen LogP contribution in [0.25, 0.3) is 16.3 Å². The first kappa shape index (κ1) is 15.0. The summed E-state index contributed by atoms with van der Waals surface area (Å²) in [7, 11) is 1.84. The Bertz CT molecular complexity index is 1000. The highest BCUT2D eigenvalue weighted by Gasteiger charge is 2.24. The van der Waals surface area contributed by atoms with Crippen LogP contribution < -0.4 is 10.2 Å². The van der Waals surface area contributed by atoms with Crippen LogP contribution in [0.3, 0.4) is 0 Å². The van der Waals surface area contributed by atoms with E-state index >= 15 is 0 Å². The van der Waals surface area contributed by atoms with Gasteiger partial charge in [-0.2, -0.15) is 0 Å². The summed E-state index contributed by atoms with van der Waals surface area (Å²) in [5, 5.41) is 5.54. The van der Waals surface area contributed by atoms with Crippen LogP contribution in [0.5, 0.6) is 0 Å². The van der Waals surface area contributed by atoms with Crippen LogP contribution in [-0.2, 0) is 4.79 Å². The lowest BCUT2D eigenvalue weighted by atomic mass is 10.2. The molecule has 1 aliphatic heterocycles. The molecule has 1 aliphatic rings. The van der Waals surface area contributed by atoms with Crippen LogP contribution in [0.15, 0.2) is 39.8 Å². The van der Waals surface area contributed by atoms with Crippen LogP contribution in [-0.4, -0.2) is 28.9 Å². The summed E-state index contributed by atoms with van der Waals surface area (Å²) in [4.78, 5) is 27.1. The van der Waals surface area contributed by atoms with Gasteiger partial charge in [-0.15, -0.1) is 22.7 Å². The Hall–Kier alpha value is -2.58. The molecule has 1 N–H and O–H groups in total. The van der Waals surface area contributed by atoms with Gasteiger partial charge in [0.15, 0.2) is 5.13 Å². The molecule has 0 unspecified atom stereocenters. The number of thiazole rings is 2. The molecular weight excluding hydrogens is 342 g/mol. The SMILES string of the molecule is Cc1csc(N(C)C2=N/C(=C\c3ccc4ncsc4c3)C(=O)N2)n1. The lowest BCUT2D eigenvalue weighted by Crippen LogP contribution is -2.37. The first-order valence-corrected chi connectivity index (χ1v) is 8.97. The summed E-state index contributed by atoms with van der Waals surface area (Å²) < 4.78 is 1.09. The highest BCUT2D eigenvalue weighted by Crippen LogP contribution is 2.23. The van der Waals surface area contributed by atoms with Gasteiger partial charge >= 0.3 is 0 Å². The fourth-order valence-corrected chi connectivity index (χ4v) is 3.82. The second kappa shape index (κ2) is 5.81. The summed E-state index contributed by atoms with van der Waals surface area (Å²) in [5.74, 6) is 0.272. The van der Waals surface area contributed by atoms with Crippen LogP contribution in [0.1, 0.15) is 11.3 Å². The number of anilines is 1. The molecule has 2 aromatic heterocycles. The molecule has 3 aromatic rings. The topological polar surface area (TPSA) is 70.5 Å². The molecule has 6 nitrogen and oxygen atoms in total. The van der Waals surface area contributed by atoms with Gasteiger partial charge in [0.05, 0.1) is 21.4 Å². The van der Waals surface area contributed by atoms with Gasteiger partial charge in [-0.3, -0.25) is 15.0 Å². The third-order valence-corrected chi connectivity index (χ3v) is 5.38. The second-order valence-electron chi connectivity index (χ2n) is 5.33. The summed E-state index contributed by atoms with van der Waals surface area (Å²) in [6.45, 7) is 1.93. The van der Waals surface area contributed by atoms with Crippen molar-refractivity contribution in [2.24, 2.45) is 4.99 Å². The van der Waals surface area contributed by atoms with E-state index in [9.17, 15) is 4.79 Å². The molecule has 4 rings (SSSR count). The number of amides is 1. The maximum atomic E-state index is 12.2. The van der Waals surface area contributed by atoms with E-state index in [1.165, 1.54) is 11.3 Å². The number of benzene rings is 1. The quantitative estimate of drug-likeness (QED) is 0.718. The Balaban J connectivity index is 1.65. The lowest BCUT2D eigenvalue weighted by Gasteiger charge is -2.13. The minimum absolute atomic E-state index is 0.213. The van der Waals surface area contributed by atoms with Gasteiger partial charge in [-0.05, 0) is 30.7 Å². The maximum Gasteiger partial charge on any atom is 0.276 e. The van der Waals surface area contributed by atoms with E-state index in [2.05, 4.69) is 20.3 Å². The van der Waals surface area contributed by atoms with Crippen molar-refractivity contribution in [2.75, 3.05) is 11.9 Å². The molecule has 0 aliphatic carbocycles. The zero-order valence-electron chi connectivity index (χ0n) is 13.0. The van der Waals surface area contributed by atoms with E-state index in [4.69, 9.17) is 0 Å². The first-order chi connectivity index (χ1) is 11.6. The highest BCUT2D eigenvalue weighted by molar-refractivity contribution is 7.16. The number of hydrogen-bond acceptors (Lipinski definition) is 7. The number of carbonyl (C=O) groups excluding carboxylic acids is 1. The largest absolute Gasteiger partial charge is 0.291 e. The van der Waals surface area contributed by atoms with Gasteiger partial charge in [0.1, 0.15) is 5.70 Å². The number of fused-ring (bicyclic) bond motifs is 1. The predicted octanol–water partition coefficient (Wildman–Crippen LogP) is 3.02. The van der Waals surface area contributed by atoms with Gasteiger partial charge < -0.3 is 0 Å². The molecule has 0 saturated heterocycles. The minimum Gasteiger partial charge on any atom is -0.291 e. The minimum atomic E-state index is -0.213. The molecular formula is C16H13N5OS2. The van der Waals surface area contributed by atoms with Crippen molar-refractivity contribution < 1.29 is 4.79 Å². The molecule has 0 bridgehead atoms. The smallest absolute Gasteiger partial charge is 0.276 e. The van der Waals surface area contributed by atoms with Crippen molar-refractivity contribution in [3.05, 3.63) is 46.0 Å². The summed E-state index contributed by atoms with van der Waals surface area (Å²) in [6.07, 6.45) is 1.78. The molecule has 120 valence electrons. The standard InChI is InChI=1S/C16H13N5OS2/c1-9-7-23-16(18-9)21(2)15-19-12(14(22)20-15)5-10-3-4-11-13(6-10)24-8-17-11/h3-8H,1-2H3,(H,19,20,22)/b12-5-. The van der Waals surface area contributed by atoms with Gasteiger partial charge in [-0.25, -0.2) is 15.0 Å². The van der Waals surface area contributed by atoms with Gasteiger partial charge in [0.2, 0.25) is 5.96 Å². The Kier molecular flexibility index (Phi) is 3.62. The Labute approximate surface area is 146 Å². The fraction of sp³-hybridized carbons (Fsp3) is 0.125. The molecule has 0 saturated carbocycles. The maximum absolute atomic E-state index is 12.2. The van der Waals surface area contributed by atoms with Crippen molar-refractivity contribution in [1.82, 2.24) is 15.3 Å². The van der Waals surface area contributed by atoms with Crippen molar-refractivity contribution in [2.45, 2.75) is 6.92 Å². The summed E-state index contributed by atoms with van der Waals surface area (Å²) >= 11 is 3.08. The molecule has 0 atom stereocenters. The average Bonchev–Trinajstić information content (AvgIpc) is 3.27. The molecule has 0 spiro atoms. The van der Waals surface area contributed by atoms with Crippen molar-refractivity contribution >= 4 is 56.0 Å². The van der Waals surface area contributed by atoms with E-state index in [1.807, 2.05) is 43.1 Å². The number of carbonyl (C=O) groups is 1. The van der Waals surface area contributed by atoms with Gasteiger partial charge in [-0.1, -0.05) is 6.07 Å². The van der Waals surface area contributed by atoms with E-state index in [0.717, 1.165) is 26.6 Å². The lowest BCUT2D eigenvalue weighted by molar-refractivity contribution is -0.115. The average molecular weight is 355 g/mol. The van der Waals surface area contributed by atoms with Crippen LogP contribution in [0.4, 0.5) is 5.13 Å². The monoisotopic (exact) mass is 355 g/mol. The molecule has 1 amide bonds. The number of nitrogens with zero attached hydrogens (tertiary/aromatic N) is 4. The Morgan fingerprint density at radius 1 is 1.29 bits per heavy atom. The molecule has 3 heterocycles.